The fourth-order valence-electron chi connectivity index (χ4n) is 7.90. The van der Waals surface area contributed by atoms with Crippen molar-refractivity contribution < 1.29 is 8.83 Å². The third-order valence-corrected chi connectivity index (χ3v) is 10.7. The van der Waals surface area contributed by atoms with Crippen LogP contribution in [0.15, 0.2) is 203 Å². The minimum absolute atomic E-state index is 0.650. The Bertz CT molecular complexity index is 3230. The molecule has 4 heteroatoms. The molecule has 0 aliphatic heterocycles. The van der Waals surface area contributed by atoms with E-state index in [0.717, 1.165) is 94.2 Å². The minimum atomic E-state index is 0.650. The van der Waals surface area contributed by atoms with Gasteiger partial charge in [-0.25, -0.2) is 9.97 Å². The van der Waals surface area contributed by atoms with Crippen molar-refractivity contribution in [2.45, 2.75) is 0 Å². The topological polar surface area (TPSA) is 52.1 Å². The maximum Gasteiger partial charge on any atom is 0.160 e. The van der Waals surface area contributed by atoms with Gasteiger partial charge in [0, 0.05) is 38.2 Å². The highest BCUT2D eigenvalue weighted by Gasteiger charge is 2.18. The predicted molar refractivity (Wildman–Crippen MR) is 229 cm³/mol. The molecular weight excluding hydrogens is 685 g/mol. The van der Waals surface area contributed by atoms with Crippen LogP contribution in [0.5, 0.6) is 0 Å². The fourth-order valence-corrected chi connectivity index (χ4v) is 7.90. The summed E-state index contributed by atoms with van der Waals surface area (Å²) < 4.78 is 12.7. The second-order valence-corrected chi connectivity index (χ2v) is 14.2. The van der Waals surface area contributed by atoms with E-state index in [1.165, 1.54) is 11.1 Å². The molecule has 0 unspecified atom stereocenters. The summed E-state index contributed by atoms with van der Waals surface area (Å²) >= 11 is 0. The average Bonchev–Trinajstić information content (AvgIpc) is 3.85. The van der Waals surface area contributed by atoms with Crippen LogP contribution in [-0.4, -0.2) is 9.97 Å². The Labute approximate surface area is 323 Å². The van der Waals surface area contributed by atoms with Crippen LogP contribution in [0.3, 0.4) is 0 Å². The maximum atomic E-state index is 6.52. The molecule has 0 spiro atoms. The number of para-hydroxylation sites is 3. The summed E-state index contributed by atoms with van der Waals surface area (Å²) in [7, 11) is 0. The molecular formula is C52H32N2O2. The zero-order valence-corrected chi connectivity index (χ0v) is 30.2. The van der Waals surface area contributed by atoms with Gasteiger partial charge in [-0.1, -0.05) is 140 Å². The molecule has 11 aromatic rings. The molecule has 11 rings (SSSR count). The number of rotatable bonds is 6. The quantitative estimate of drug-likeness (QED) is 0.172. The molecule has 56 heavy (non-hydrogen) atoms. The summed E-state index contributed by atoms with van der Waals surface area (Å²) in [5, 5.41) is 4.33. The summed E-state index contributed by atoms with van der Waals surface area (Å²) in [6, 6.07) is 67.5. The van der Waals surface area contributed by atoms with Gasteiger partial charge in [0.05, 0.1) is 11.4 Å². The number of aromatic nitrogens is 2. The van der Waals surface area contributed by atoms with Crippen LogP contribution in [0, 0.1) is 0 Å². The Morgan fingerprint density at radius 1 is 0.286 bits per heavy atom. The van der Waals surface area contributed by atoms with Crippen molar-refractivity contribution >= 4 is 43.9 Å². The van der Waals surface area contributed by atoms with Gasteiger partial charge in [0.2, 0.25) is 0 Å². The summed E-state index contributed by atoms with van der Waals surface area (Å²) in [5.41, 5.74) is 14.6. The summed E-state index contributed by atoms with van der Waals surface area (Å²) in [5.74, 6) is 0.650. The van der Waals surface area contributed by atoms with Crippen LogP contribution >= 0.6 is 0 Å². The van der Waals surface area contributed by atoms with Crippen molar-refractivity contribution in [2.75, 3.05) is 0 Å². The number of furan rings is 2. The average molecular weight is 717 g/mol. The van der Waals surface area contributed by atoms with Crippen LogP contribution in [0.25, 0.3) is 111 Å². The van der Waals surface area contributed by atoms with Gasteiger partial charge in [0.25, 0.3) is 0 Å². The highest BCUT2D eigenvalue weighted by molar-refractivity contribution is 6.09. The minimum Gasteiger partial charge on any atom is -0.456 e. The number of nitrogens with zero attached hydrogens (tertiary/aromatic N) is 2. The Morgan fingerprint density at radius 3 is 1.55 bits per heavy atom. The number of hydrogen-bond donors (Lipinski definition) is 0. The van der Waals surface area contributed by atoms with E-state index in [2.05, 4.69) is 140 Å². The Kier molecular flexibility index (Phi) is 7.46. The van der Waals surface area contributed by atoms with Gasteiger partial charge in [-0.3, -0.25) is 0 Å². The highest BCUT2D eigenvalue weighted by Crippen LogP contribution is 2.40. The molecule has 262 valence electrons. The Morgan fingerprint density at radius 2 is 0.804 bits per heavy atom. The molecule has 0 bridgehead atoms. The maximum absolute atomic E-state index is 6.52. The summed E-state index contributed by atoms with van der Waals surface area (Å²) in [4.78, 5) is 10.5. The molecule has 0 fully saturated rings. The van der Waals surface area contributed by atoms with Crippen LogP contribution in [-0.2, 0) is 0 Å². The van der Waals surface area contributed by atoms with E-state index in [1.807, 2.05) is 54.6 Å². The lowest BCUT2D eigenvalue weighted by molar-refractivity contribution is 0.669. The van der Waals surface area contributed by atoms with Crippen molar-refractivity contribution in [1.82, 2.24) is 9.97 Å². The monoisotopic (exact) mass is 716 g/mol. The van der Waals surface area contributed by atoms with Gasteiger partial charge in [0.1, 0.15) is 22.3 Å². The second-order valence-electron chi connectivity index (χ2n) is 14.2. The van der Waals surface area contributed by atoms with Gasteiger partial charge in [-0.2, -0.15) is 0 Å². The van der Waals surface area contributed by atoms with Crippen molar-refractivity contribution in [3.63, 3.8) is 0 Å². The molecule has 0 saturated heterocycles. The normalized spacial score (nSPS) is 11.6. The first-order valence-electron chi connectivity index (χ1n) is 18.8. The van der Waals surface area contributed by atoms with Crippen LogP contribution in [0.1, 0.15) is 0 Å². The van der Waals surface area contributed by atoms with Crippen LogP contribution in [0.2, 0.25) is 0 Å². The van der Waals surface area contributed by atoms with E-state index in [9.17, 15) is 0 Å². The number of hydrogen-bond acceptors (Lipinski definition) is 4. The van der Waals surface area contributed by atoms with E-state index in [-0.39, 0.29) is 0 Å². The highest BCUT2D eigenvalue weighted by atomic mass is 16.3. The van der Waals surface area contributed by atoms with Crippen molar-refractivity contribution in [2.24, 2.45) is 0 Å². The van der Waals surface area contributed by atoms with Gasteiger partial charge in [0.15, 0.2) is 5.82 Å². The lowest BCUT2D eigenvalue weighted by Gasteiger charge is -2.14. The molecule has 3 aromatic heterocycles. The summed E-state index contributed by atoms with van der Waals surface area (Å²) in [6.07, 6.45) is 0. The molecule has 0 aliphatic carbocycles. The molecule has 0 atom stereocenters. The molecule has 0 N–H and O–H groups in total. The number of benzene rings is 8. The molecule has 0 amide bonds. The van der Waals surface area contributed by atoms with E-state index >= 15 is 0 Å². The molecule has 0 radical (unpaired) electrons. The molecule has 3 heterocycles. The third kappa shape index (κ3) is 5.55. The van der Waals surface area contributed by atoms with Crippen LogP contribution < -0.4 is 0 Å². The van der Waals surface area contributed by atoms with Crippen molar-refractivity contribution in [1.29, 1.82) is 0 Å². The molecule has 4 nitrogen and oxygen atoms in total. The predicted octanol–water partition coefficient (Wildman–Crippen LogP) is 14.3. The first-order chi connectivity index (χ1) is 27.7. The lowest BCUT2D eigenvalue weighted by Crippen LogP contribution is -1.97. The molecule has 0 saturated carbocycles. The van der Waals surface area contributed by atoms with Gasteiger partial charge >= 0.3 is 0 Å². The number of fused-ring (bicyclic) bond motifs is 6. The fraction of sp³-hybridized carbons (Fsp3) is 0. The molecule has 8 aromatic carbocycles. The van der Waals surface area contributed by atoms with E-state index in [1.54, 1.807) is 0 Å². The van der Waals surface area contributed by atoms with Gasteiger partial charge < -0.3 is 8.83 Å². The smallest absolute Gasteiger partial charge is 0.160 e. The van der Waals surface area contributed by atoms with E-state index in [0.29, 0.717) is 5.82 Å². The second kappa shape index (κ2) is 13.1. The standard InChI is InChI=1S/C52H32N2O2/c1-3-12-33(13-4-1)34-22-24-35(25-23-34)38-28-39(37-26-27-50-45(31-37)42-17-8-9-20-48(42)55-50)30-40(29-38)46-32-47(54-52(53-46)36-14-5-2-6-15-36)44-19-11-18-43-41-16-7-10-21-49(41)56-51(43)44/h1-32H. The lowest BCUT2D eigenvalue weighted by atomic mass is 9.93. The Balaban J connectivity index is 1.13. The van der Waals surface area contributed by atoms with E-state index in [4.69, 9.17) is 18.8 Å². The third-order valence-electron chi connectivity index (χ3n) is 10.7. The SMILES string of the molecule is c1ccc(-c2ccc(-c3cc(-c4ccc5oc6ccccc6c5c4)cc(-c4cc(-c5cccc6c5oc5ccccc56)nc(-c5ccccc5)n4)c3)cc2)cc1. The van der Waals surface area contributed by atoms with E-state index < -0.39 is 0 Å². The van der Waals surface area contributed by atoms with Gasteiger partial charge in [-0.05, 0) is 88.0 Å². The zero-order chi connectivity index (χ0) is 37.0. The van der Waals surface area contributed by atoms with Crippen LogP contribution in [0.4, 0.5) is 0 Å². The first kappa shape index (κ1) is 31.9. The first-order valence-corrected chi connectivity index (χ1v) is 18.8. The summed E-state index contributed by atoms with van der Waals surface area (Å²) in [6.45, 7) is 0. The largest absolute Gasteiger partial charge is 0.456 e. The molecule has 0 aliphatic rings. The zero-order valence-electron chi connectivity index (χ0n) is 30.2. The Hall–Kier alpha value is -7.56. The van der Waals surface area contributed by atoms with Gasteiger partial charge in [-0.15, -0.1) is 0 Å². The van der Waals surface area contributed by atoms with Crippen molar-refractivity contribution in [3.8, 4) is 67.3 Å². The van der Waals surface area contributed by atoms with Crippen molar-refractivity contribution in [3.05, 3.63) is 194 Å².